The number of fused-ring (bicyclic) bond motifs is 1. The van der Waals surface area contributed by atoms with Gasteiger partial charge >= 0.3 is 5.97 Å². The second-order valence-electron chi connectivity index (χ2n) is 9.88. The van der Waals surface area contributed by atoms with Gasteiger partial charge in [0, 0.05) is 29.3 Å². The topological polar surface area (TPSA) is 129 Å². The van der Waals surface area contributed by atoms with Crippen LogP contribution in [0, 0.1) is 0 Å². The van der Waals surface area contributed by atoms with Crippen LogP contribution < -0.4 is 28.7 Å². The van der Waals surface area contributed by atoms with Crippen molar-refractivity contribution in [2.24, 2.45) is 0 Å². The van der Waals surface area contributed by atoms with Crippen LogP contribution in [0.3, 0.4) is 0 Å². The molecule has 1 N–H and O–H groups in total. The molecule has 4 aromatic rings. The molecule has 3 heterocycles. The molecule has 0 aliphatic carbocycles. The molecule has 12 nitrogen and oxygen atoms in total. The lowest BCUT2D eigenvalue weighted by Gasteiger charge is -2.37. The number of hydrogen-bond acceptors (Lipinski definition) is 11. The number of morpholine rings is 1. The van der Waals surface area contributed by atoms with Crippen molar-refractivity contribution in [3.8, 4) is 23.0 Å². The van der Waals surface area contributed by atoms with Crippen molar-refractivity contribution in [3.63, 3.8) is 0 Å². The van der Waals surface area contributed by atoms with Crippen LogP contribution in [0.5, 0.6) is 23.0 Å². The Labute approximate surface area is 243 Å². The van der Waals surface area contributed by atoms with Gasteiger partial charge in [0.25, 0.3) is 6.01 Å². The van der Waals surface area contributed by atoms with E-state index in [1.165, 1.54) is 0 Å². The Hall–Kier alpha value is -4.71. The molecule has 2 atom stereocenters. The van der Waals surface area contributed by atoms with Crippen molar-refractivity contribution >= 4 is 28.8 Å². The first-order valence-electron chi connectivity index (χ1n) is 13.4. The molecule has 12 heteroatoms. The lowest BCUT2D eigenvalue weighted by atomic mass is 10.1. The summed E-state index contributed by atoms with van der Waals surface area (Å²) < 4.78 is 34.1. The van der Waals surface area contributed by atoms with E-state index in [-0.39, 0.29) is 19.2 Å². The Bertz CT molecular complexity index is 1500. The fourth-order valence-electron chi connectivity index (χ4n) is 4.98. The second kappa shape index (κ2) is 12.4. The van der Waals surface area contributed by atoms with Gasteiger partial charge in [-0.15, -0.1) is 0 Å². The fourth-order valence-corrected chi connectivity index (χ4v) is 4.98. The Balaban J connectivity index is 1.57. The van der Waals surface area contributed by atoms with Crippen molar-refractivity contribution in [2.75, 3.05) is 51.4 Å². The van der Waals surface area contributed by atoms with Gasteiger partial charge in [0.15, 0.2) is 11.7 Å². The quantitative estimate of drug-likeness (QED) is 0.275. The summed E-state index contributed by atoms with van der Waals surface area (Å²) in [7, 11) is 6.43. The van der Waals surface area contributed by atoms with Gasteiger partial charge in [0.05, 0.1) is 67.1 Å². The lowest BCUT2D eigenvalue weighted by molar-refractivity contribution is -0.151. The van der Waals surface area contributed by atoms with E-state index in [9.17, 15) is 9.90 Å². The first-order chi connectivity index (χ1) is 20.3. The average molecular weight is 579 g/mol. The van der Waals surface area contributed by atoms with E-state index in [4.69, 9.17) is 33.1 Å². The van der Waals surface area contributed by atoms with Crippen LogP contribution in [0.2, 0.25) is 0 Å². The molecule has 0 unspecified atom stereocenters. The smallest absolute Gasteiger partial charge is 0.334 e. The molecule has 0 bridgehead atoms. The number of nitrogens with zero attached hydrogens (tertiary/aromatic N) is 4. The number of methoxy groups -OCH3 is 4. The minimum Gasteiger partial charge on any atom is -0.497 e. The fraction of sp³-hybridized carbons (Fsp3) is 0.367. The van der Waals surface area contributed by atoms with E-state index in [1.807, 2.05) is 53.1 Å². The number of ether oxygens (including phenoxy) is 5. The van der Waals surface area contributed by atoms with Crippen LogP contribution in [-0.4, -0.2) is 74.8 Å². The van der Waals surface area contributed by atoms with E-state index in [2.05, 4.69) is 4.98 Å². The molecule has 222 valence electrons. The highest BCUT2D eigenvalue weighted by atomic mass is 16.5. The Morgan fingerprint density at radius 2 is 1.60 bits per heavy atom. The molecule has 1 fully saturated rings. The SMILES string of the molecule is COc1ccc(CN(Cc2ccc(OC)cc2OC)c2nc3cncc(N4C[C@H](C(=O)O)OC[C@@H]4C)c3o2)c(OC)c1. The van der Waals surface area contributed by atoms with Gasteiger partial charge in [-0.1, -0.05) is 0 Å². The van der Waals surface area contributed by atoms with Gasteiger partial charge in [-0.2, -0.15) is 4.98 Å². The molecule has 0 saturated carbocycles. The predicted molar refractivity (Wildman–Crippen MR) is 155 cm³/mol. The number of aromatic nitrogens is 2. The number of oxazole rings is 1. The summed E-state index contributed by atoms with van der Waals surface area (Å²) in [5, 5.41) is 9.57. The molecule has 5 rings (SSSR count). The summed E-state index contributed by atoms with van der Waals surface area (Å²) in [6, 6.07) is 11.5. The molecule has 42 heavy (non-hydrogen) atoms. The van der Waals surface area contributed by atoms with Gasteiger partial charge in [-0.25, -0.2) is 4.79 Å². The number of benzene rings is 2. The summed E-state index contributed by atoms with van der Waals surface area (Å²) in [4.78, 5) is 24.8. The highest BCUT2D eigenvalue weighted by Gasteiger charge is 2.33. The molecule has 0 spiro atoms. The first kappa shape index (κ1) is 28.8. The van der Waals surface area contributed by atoms with Gasteiger partial charge in [-0.05, 0) is 31.2 Å². The monoisotopic (exact) mass is 578 g/mol. The third-order valence-corrected chi connectivity index (χ3v) is 7.27. The highest BCUT2D eigenvalue weighted by molar-refractivity contribution is 5.87. The van der Waals surface area contributed by atoms with Crippen LogP contribution >= 0.6 is 0 Å². The number of pyridine rings is 1. The summed E-state index contributed by atoms with van der Waals surface area (Å²) in [6.07, 6.45) is 2.34. The Morgan fingerprint density at radius 1 is 0.976 bits per heavy atom. The normalized spacial score (nSPS) is 16.7. The van der Waals surface area contributed by atoms with Crippen molar-refractivity contribution in [2.45, 2.75) is 32.2 Å². The van der Waals surface area contributed by atoms with Crippen LogP contribution in [-0.2, 0) is 22.6 Å². The summed E-state index contributed by atoms with van der Waals surface area (Å²) in [5.74, 6) is 1.65. The molecule has 1 aliphatic rings. The number of anilines is 2. The Morgan fingerprint density at radius 3 is 2.14 bits per heavy atom. The van der Waals surface area contributed by atoms with Gasteiger partial charge in [0.2, 0.25) is 0 Å². The van der Waals surface area contributed by atoms with Gasteiger partial charge in [0.1, 0.15) is 34.2 Å². The van der Waals surface area contributed by atoms with Crippen molar-refractivity contribution in [1.29, 1.82) is 0 Å². The summed E-state index contributed by atoms with van der Waals surface area (Å²) >= 11 is 0. The molecule has 0 amide bonds. The first-order valence-corrected chi connectivity index (χ1v) is 13.4. The molecule has 1 aliphatic heterocycles. The van der Waals surface area contributed by atoms with Crippen LogP contribution in [0.1, 0.15) is 18.1 Å². The third-order valence-electron chi connectivity index (χ3n) is 7.27. The minimum absolute atomic E-state index is 0.0928. The van der Waals surface area contributed by atoms with E-state index in [1.54, 1.807) is 40.8 Å². The highest BCUT2D eigenvalue weighted by Crippen LogP contribution is 2.36. The minimum atomic E-state index is -1.02. The van der Waals surface area contributed by atoms with E-state index in [0.717, 1.165) is 11.1 Å². The maximum Gasteiger partial charge on any atom is 0.334 e. The molecule has 2 aromatic heterocycles. The molecular formula is C30H34N4O8. The number of carboxylic acids is 1. The van der Waals surface area contributed by atoms with Gasteiger partial charge < -0.3 is 43.0 Å². The van der Waals surface area contributed by atoms with Crippen molar-refractivity contribution in [1.82, 2.24) is 9.97 Å². The zero-order chi connectivity index (χ0) is 29.8. The average Bonchev–Trinajstić information content (AvgIpc) is 3.46. The number of aliphatic carboxylic acids is 1. The number of carboxylic acid groups (broad SMARTS) is 1. The molecule has 2 aromatic carbocycles. The number of rotatable bonds is 11. The van der Waals surface area contributed by atoms with Crippen LogP contribution in [0.4, 0.5) is 11.7 Å². The maximum atomic E-state index is 11.7. The van der Waals surface area contributed by atoms with Crippen LogP contribution in [0.15, 0.2) is 53.2 Å². The van der Waals surface area contributed by atoms with E-state index < -0.39 is 12.1 Å². The third kappa shape index (κ3) is 5.84. The summed E-state index contributed by atoms with van der Waals surface area (Å²) in [6.45, 7) is 3.14. The van der Waals surface area contributed by atoms with Crippen LogP contribution in [0.25, 0.3) is 11.1 Å². The molecular weight excluding hydrogens is 544 g/mol. The molecule has 0 radical (unpaired) electrons. The number of hydrogen-bond donors (Lipinski definition) is 1. The summed E-state index contributed by atoms with van der Waals surface area (Å²) in [5.41, 5.74) is 3.47. The maximum absolute atomic E-state index is 11.7. The van der Waals surface area contributed by atoms with Crippen molar-refractivity contribution in [3.05, 3.63) is 59.9 Å². The predicted octanol–water partition coefficient (Wildman–Crippen LogP) is 4.14. The van der Waals surface area contributed by atoms with E-state index >= 15 is 0 Å². The molecule has 1 saturated heterocycles. The lowest BCUT2D eigenvalue weighted by Crippen LogP contribution is -2.51. The van der Waals surface area contributed by atoms with E-state index in [0.29, 0.717) is 58.9 Å². The zero-order valence-corrected chi connectivity index (χ0v) is 24.2. The van der Waals surface area contributed by atoms with Crippen molar-refractivity contribution < 1.29 is 38.0 Å². The van der Waals surface area contributed by atoms with Gasteiger partial charge in [-0.3, -0.25) is 4.98 Å². The standard InChI is InChI=1S/C30H34N4O8/c1-18-17-41-27(29(35)36)16-34(18)24-13-31-12-23-28(24)42-30(32-23)33(14-19-6-8-21(37-2)10-25(19)39-4)15-20-7-9-22(38-3)11-26(20)40-5/h6-13,18,27H,14-17H2,1-5H3,(H,35,36)/t18-,27+/m0/s1. The number of carbonyl (C=O) groups is 1. The second-order valence-corrected chi connectivity index (χ2v) is 9.88. The zero-order valence-electron chi connectivity index (χ0n) is 24.2. The Kier molecular flexibility index (Phi) is 8.53. The largest absolute Gasteiger partial charge is 0.497 e.